The van der Waals surface area contributed by atoms with Gasteiger partial charge in [-0.15, -0.1) is 0 Å². The maximum absolute atomic E-state index is 13.1. The van der Waals surface area contributed by atoms with Gasteiger partial charge in [-0.25, -0.2) is 9.97 Å². The van der Waals surface area contributed by atoms with Gasteiger partial charge in [-0.1, -0.05) is 0 Å². The SMILES string of the molecule is Cc1nc2c(c(N3CCCCC3)n1)CN(C(=O)c1ccc3c(c1)OCO3)CC2. The number of amides is 1. The molecule has 1 aromatic carbocycles. The van der Waals surface area contributed by atoms with Crippen molar-refractivity contribution in [2.24, 2.45) is 0 Å². The van der Waals surface area contributed by atoms with Gasteiger partial charge >= 0.3 is 0 Å². The zero-order valence-electron chi connectivity index (χ0n) is 16.1. The number of ether oxygens (including phenoxy) is 2. The number of aryl methyl sites for hydroxylation is 1. The molecule has 0 N–H and O–H groups in total. The van der Waals surface area contributed by atoms with E-state index < -0.39 is 0 Å². The Morgan fingerprint density at radius 2 is 1.86 bits per heavy atom. The first kappa shape index (κ1) is 17.3. The van der Waals surface area contributed by atoms with Crippen molar-refractivity contribution in [1.29, 1.82) is 0 Å². The predicted molar refractivity (Wildman–Crippen MR) is 104 cm³/mol. The van der Waals surface area contributed by atoms with Crippen LogP contribution in [0.2, 0.25) is 0 Å². The third-order valence-corrected chi connectivity index (χ3v) is 5.71. The number of hydrogen-bond donors (Lipinski definition) is 0. The second kappa shape index (κ2) is 6.96. The summed E-state index contributed by atoms with van der Waals surface area (Å²) >= 11 is 0. The Morgan fingerprint density at radius 3 is 2.71 bits per heavy atom. The number of piperidine rings is 1. The van der Waals surface area contributed by atoms with Gasteiger partial charge in [-0.3, -0.25) is 4.79 Å². The van der Waals surface area contributed by atoms with E-state index in [2.05, 4.69) is 9.88 Å². The highest BCUT2D eigenvalue weighted by Gasteiger charge is 2.29. The van der Waals surface area contributed by atoms with Gasteiger partial charge in [-0.05, 0) is 44.4 Å². The van der Waals surface area contributed by atoms with Crippen LogP contribution in [0.3, 0.4) is 0 Å². The number of carbonyl (C=O) groups excluding carboxylic acids is 1. The third-order valence-electron chi connectivity index (χ3n) is 5.71. The number of benzene rings is 1. The van der Waals surface area contributed by atoms with Crippen LogP contribution >= 0.6 is 0 Å². The Labute approximate surface area is 164 Å². The molecule has 4 heterocycles. The van der Waals surface area contributed by atoms with Crippen LogP contribution in [-0.2, 0) is 13.0 Å². The molecule has 0 saturated carbocycles. The molecular formula is C21H24N4O3. The third kappa shape index (κ3) is 3.04. The summed E-state index contributed by atoms with van der Waals surface area (Å²) in [7, 11) is 0. The van der Waals surface area contributed by atoms with Crippen LogP contribution < -0.4 is 14.4 Å². The van der Waals surface area contributed by atoms with Gasteiger partial charge < -0.3 is 19.3 Å². The molecule has 0 spiro atoms. The Kier molecular flexibility index (Phi) is 4.30. The van der Waals surface area contributed by atoms with Gasteiger partial charge in [0.1, 0.15) is 11.6 Å². The molecule has 1 fully saturated rings. The van der Waals surface area contributed by atoms with E-state index in [1.165, 1.54) is 19.3 Å². The van der Waals surface area contributed by atoms with Crippen molar-refractivity contribution in [3.8, 4) is 11.5 Å². The molecule has 1 saturated heterocycles. The van der Waals surface area contributed by atoms with Crippen LogP contribution in [-0.4, -0.2) is 47.2 Å². The number of fused-ring (bicyclic) bond motifs is 2. The van der Waals surface area contributed by atoms with Crippen molar-refractivity contribution in [3.63, 3.8) is 0 Å². The highest BCUT2D eigenvalue weighted by atomic mass is 16.7. The molecule has 7 heteroatoms. The van der Waals surface area contributed by atoms with Gasteiger partial charge in [0.25, 0.3) is 5.91 Å². The average molecular weight is 380 g/mol. The smallest absolute Gasteiger partial charge is 0.254 e. The number of nitrogens with zero attached hydrogens (tertiary/aromatic N) is 4. The van der Waals surface area contributed by atoms with Gasteiger partial charge in [-0.2, -0.15) is 0 Å². The van der Waals surface area contributed by atoms with Gasteiger partial charge in [0.2, 0.25) is 6.79 Å². The van der Waals surface area contributed by atoms with E-state index in [-0.39, 0.29) is 12.7 Å². The molecule has 7 nitrogen and oxygen atoms in total. The maximum atomic E-state index is 13.1. The molecular weight excluding hydrogens is 356 g/mol. The molecule has 3 aliphatic rings. The van der Waals surface area contributed by atoms with Crippen molar-refractivity contribution >= 4 is 11.7 Å². The number of hydrogen-bond acceptors (Lipinski definition) is 6. The lowest BCUT2D eigenvalue weighted by atomic mass is 10.0. The second-order valence-electron chi connectivity index (χ2n) is 7.61. The van der Waals surface area contributed by atoms with Crippen molar-refractivity contribution < 1.29 is 14.3 Å². The first-order chi connectivity index (χ1) is 13.7. The standard InChI is InChI=1S/C21H24N4O3/c1-14-22-17-7-10-25(12-16(17)20(23-14)24-8-3-2-4-9-24)21(26)15-5-6-18-19(11-15)28-13-27-18/h5-6,11H,2-4,7-10,12-13H2,1H3. The number of carbonyl (C=O) groups is 1. The molecule has 146 valence electrons. The highest BCUT2D eigenvalue weighted by molar-refractivity contribution is 5.95. The monoisotopic (exact) mass is 380 g/mol. The molecule has 28 heavy (non-hydrogen) atoms. The first-order valence-electron chi connectivity index (χ1n) is 9.99. The summed E-state index contributed by atoms with van der Waals surface area (Å²) in [5.74, 6) is 3.17. The number of aromatic nitrogens is 2. The minimum atomic E-state index is 0.00844. The zero-order chi connectivity index (χ0) is 19.1. The predicted octanol–water partition coefficient (Wildman–Crippen LogP) is 2.70. The van der Waals surface area contributed by atoms with Crippen molar-refractivity contribution in [2.75, 3.05) is 31.3 Å². The fourth-order valence-corrected chi connectivity index (χ4v) is 4.27. The molecule has 0 atom stereocenters. The lowest BCUT2D eigenvalue weighted by Crippen LogP contribution is -2.39. The molecule has 3 aliphatic heterocycles. The van der Waals surface area contributed by atoms with Gasteiger partial charge in [0, 0.05) is 37.2 Å². The molecule has 0 aliphatic carbocycles. The Morgan fingerprint density at radius 1 is 1.04 bits per heavy atom. The molecule has 0 unspecified atom stereocenters. The molecule has 0 bridgehead atoms. The maximum Gasteiger partial charge on any atom is 0.254 e. The average Bonchev–Trinajstić information content (AvgIpc) is 3.21. The van der Waals surface area contributed by atoms with E-state index in [9.17, 15) is 4.79 Å². The topological polar surface area (TPSA) is 67.8 Å². The van der Waals surface area contributed by atoms with E-state index in [0.717, 1.165) is 42.4 Å². The molecule has 5 rings (SSSR count). The molecule has 2 aromatic rings. The van der Waals surface area contributed by atoms with Crippen molar-refractivity contribution in [1.82, 2.24) is 14.9 Å². The lowest BCUT2D eigenvalue weighted by molar-refractivity contribution is 0.0733. The Hall–Kier alpha value is -2.83. The van der Waals surface area contributed by atoms with Crippen LogP contribution in [0.25, 0.3) is 0 Å². The van der Waals surface area contributed by atoms with E-state index >= 15 is 0 Å². The van der Waals surface area contributed by atoms with Crippen LogP contribution in [0, 0.1) is 6.92 Å². The summed E-state index contributed by atoms with van der Waals surface area (Å²) in [4.78, 5) is 26.8. The van der Waals surface area contributed by atoms with E-state index in [1.807, 2.05) is 17.9 Å². The molecule has 1 amide bonds. The van der Waals surface area contributed by atoms with Crippen LogP contribution in [0.1, 0.15) is 46.7 Å². The summed E-state index contributed by atoms with van der Waals surface area (Å²) in [5.41, 5.74) is 2.82. The Bertz CT molecular complexity index is 924. The second-order valence-corrected chi connectivity index (χ2v) is 7.61. The summed E-state index contributed by atoms with van der Waals surface area (Å²) in [6.07, 6.45) is 4.42. The van der Waals surface area contributed by atoms with Crippen LogP contribution in [0.4, 0.5) is 5.82 Å². The van der Waals surface area contributed by atoms with Crippen molar-refractivity contribution in [2.45, 2.75) is 39.2 Å². The molecule has 1 aromatic heterocycles. The van der Waals surface area contributed by atoms with Crippen molar-refractivity contribution in [3.05, 3.63) is 40.8 Å². The van der Waals surface area contributed by atoms with Gasteiger partial charge in [0.15, 0.2) is 11.5 Å². The van der Waals surface area contributed by atoms with E-state index in [0.29, 0.717) is 30.2 Å². The number of rotatable bonds is 2. The minimum absolute atomic E-state index is 0.00844. The first-order valence-corrected chi connectivity index (χ1v) is 9.99. The van der Waals surface area contributed by atoms with Crippen LogP contribution in [0.5, 0.6) is 11.5 Å². The molecule has 0 radical (unpaired) electrons. The highest BCUT2D eigenvalue weighted by Crippen LogP contribution is 2.34. The summed E-state index contributed by atoms with van der Waals surface area (Å²) < 4.78 is 10.8. The lowest BCUT2D eigenvalue weighted by Gasteiger charge is -2.34. The largest absolute Gasteiger partial charge is 0.454 e. The van der Waals surface area contributed by atoms with E-state index in [4.69, 9.17) is 14.5 Å². The van der Waals surface area contributed by atoms with Crippen LogP contribution in [0.15, 0.2) is 18.2 Å². The summed E-state index contributed by atoms with van der Waals surface area (Å²) in [6.45, 7) is 5.43. The Balaban J connectivity index is 1.43. The summed E-state index contributed by atoms with van der Waals surface area (Å²) in [5, 5.41) is 0. The quantitative estimate of drug-likeness (QED) is 0.798. The minimum Gasteiger partial charge on any atom is -0.454 e. The zero-order valence-corrected chi connectivity index (χ0v) is 16.1. The van der Waals surface area contributed by atoms with E-state index in [1.54, 1.807) is 12.1 Å². The fourth-order valence-electron chi connectivity index (χ4n) is 4.27. The normalized spacial score (nSPS) is 18.2. The number of anilines is 1. The fraction of sp³-hybridized carbons (Fsp3) is 0.476. The summed E-state index contributed by atoms with van der Waals surface area (Å²) in [6, 6.07) is 5.39. The van der Waals surface area contributed by atoms with Gasteiger partial charge in [0.05, 0.1) is 12.2 Å².